The maximum Gasteiger partial charge on any atom is 0.237 e. The summed E-state index contributed by atoms with van der Waals surface area (Å²) in [4.78, 5) is 11.7. The average Bonchev–Trinajstić information content (AvgIpc) is 2.29. The fraction of sp³-hybridized carbons (Fsp3) is 0.462. The van der Waals surface area contributed by atoms with Crippen molar-refractivity contribution in [3.8, 4) is 0 Å². The van der Waals surface area contributed by atoms with Gasteiger partial charge in [0, 0.05) is 5.02 Å². The van der Waals surface area contributed by atoms with Gasteiger partial charge >= 0.3 is 0 Å². The molecule has 1 aromatic carbocycles. The molecule has 1 aromatic rings. The van der Waals surface area contributed by atoms with Crippen LogP contribution in [0.4, 0.5) is 0 Å². The van der Waals surface area contributed by atoms with E-state index in [-0.39, 0.29) is 11.9 Å². The molecule has 2 atom stereocenters. The summed E-state index contributed by atoms with van der Waals surface area (Å²) >= 11 is 6.06. The molecule has 0 heterocycles. The number of hydrogen-bond donors (Lipinski definition) is 2. The van der Waals surface area contributed by atoms with E-state index in [1.807, 2.05) is 38.1 Å². The van der Waals surface area contributed by atoms with Crippen LogP contribution in [0.15, 0.2) is 24.3 Å². The Labute approximate surface area is 107 Å². The van der Waals surface area contributed by atoms with Crippen LogP contribution in [0.1, 0.15) is 38.3 Å². The number of carbonyl (C=O) groups is 1. The Kier molecular flexibility index (Phi) is 5.45. The number of nitrogens with two attached hydrogens (primary N) is 1. The molecule has 1 rings (SSSR count). The van der Waals surface area contributed by atoms with Gasteiger partial charge in [-0.2, -0.15) is 0 Å². The number of carbonyl (C=O) groups excluding carboxylic acids is 1. The summed E-state index contributed by atoms with van der Waals surface area (Å²) in [6.45, 7) is 3.91. The van der Waals surface area contributed by atoms with Crippen LogP contribution >= 0.6 is 11.6 Å². The quantitative estimate of drug-likeness (QED) is 0.849. The Hall–Kier alpha value is -1.06. The highest BCUT2D eigenvalue weighted by Crippen LogP contribution is 2.22. The van der Waals surface area contributed by atoms with E-state index in [0.29, 0.717) is 11.4 Å². The molecule has 0 aliphatic rings. The smallest absolute Gasteiger partial charge is 0.237 e. The maximum atomic E-state index is 11.7. The van der Waals surface area contributed by atoms with Crippen molar-refractivity contribution in [2.75, 3.05) is 0 Å². The first kappa shape index (κ1) is 14.0. The lowest BCUT2D eigenvalue weighted by molar-refractivity contribution is -0.123. The summed E-state index contributed by atoms with van der Waals surface area (Å²) < 4.78 is 0. The molecule has 17 heavy (non-hydrogen) atoms. The highest BCUT2D eigenvalue weighted by molar-refractivity contribution is 6.31. The lowest BCUT2D eigenvalue weighted by Gasteiger charge is -2.18. The van der Waals surface area contributed by atoms with E-state index in [0.717, 1.165) is 12.0 Å². The predicted molar refractivity (Wildman–Crippen MR) is 70.9 cm³/mol. The molecule has 0 saturated heterocycles. The van der Waals surface area contributed by atoms with Crippen LogP contribution in [-0.2, 0) is 4.79 Å². The van der Waals surface area contributed by atoms with Gasteiger partial charge in [0.05, 0.1) is 12.1 Å². The molecule has 1 amide bonds. The molecule has 0 unspecified atom stereocenters. The van der Waals surface area contributed by atoms with Crippen LogP contribution < -0.4 is 11.1 Å². The summed E-state index contributed by atoms with van der Waals surface area (Å²) in [5.41, 5.74) is 6.66. The number of rotatable bonds is 5. The van der Waals surface area contributed by atoms with Gasteiger partial charge in [0.25, 0.3) is 0 Å². The molecule has 4 heteroatoms. The van der Waals surface area contributed by atoms with E-state index in [2.05, 4.69) is 5.32 Å². The first-order valence-corrected chi connectivity index (χ1v) is 6.24. The van der Waals surface area contributed by atoms with E-state index >= 15 is 0 Å². The molecule has 0 aliphatic heterocycles. The van der Waals surface area contributed by atoms with Crippen molar-refractivity contribution in [3.63, 3.8) is 0 Å². The van der Waals surface area contributed by atoms with Gasteiger partial charge < -0.3 is 11.1 Å². The van der Waals surface area contributed by atoms with Gasteiger partial charge in [-0.25, -0.2) is 0 Å². The molecule has 0 fully saturated rings. The van der Waals surface area contributed by atoms with Gasteiger partial charge in [-0.1, -0.05) is 43.1 Å². The van der Waals surface area contributed by atoms with Gasteiger partial charge in [0.2, 0.25) is 5.91 Å². The SMILES string of the molecule is CCC[C@H](N)C(=O)N[C@@H](C)c1ccccc1Cl. The van der Waals surface area contributed by atoms with Crippen molar-refractivity contribution in [1.82, 2.24) is 5.32 Å². The van der Waals surface area contributed by atoms with Crippen LogP contribution in [0.5, 0.6) is 0 Å². The van der Waals surface area contributed by atoms with Gasteiger partial charge in [0.1, 0.15) is 0 Å². The largest absolute Gasteiger partial charge is 0.348 e. The minimum atomic E-state index is -0.440. The van der Waals surface area contributed by atoms with Crippen molar-refractivity contribution < 1.29 is 4.79 Å². The summed E-state index contributed by atoms with van der Waals surface area (Å²) in [6.07, 6.45) is 1.59. The molecule has 94 valence electrons. The lowest BCUT2D eigenvalue weighted by Crippen LogP contribution is -2.41. The molecular formula is C13H19ClN2O. The number of hydrogen-bond acceptors (Lipinski definition) is 2. The number of benzene rings is 1. The zero-order chi connectivity index (χ0) is 12.8. The first-order chi connectivity index (χ1) is 8.06. The molecule has 0 saturated carbocycles. The highest BCUT2D eigenvalue weighted by atomic mass is 35.5. The van der Waals surface area contributed by atoms with Gasteiger partial charge in [-0.05, 0) is 25.0 Å². The van der Waals surface area contributed by atoms with Gasteiger partial charge in [-0.3, -0.25) is 4.79 Å². The van der Waals surface area contributed by atoms with Crippen molar-refractivity contribution in [3.05, 3.63) is 34.9 Å². The van der Waals surface area contributed by atoms with Crippen molar-refractivity contribution >= 4 is 17.5 Å². The summed E-state index contributed by atoms with van der Waals surface area (Å²) in [7, 11) is 0. The van der Waals surface area contributed by atoms with Crippen LogP contribution in [0.2, 0.25) is 5.02 Å². The molecule has 0 aromatic heterocycles. The Morgan fingerprint density at radius 2 is 2.12 bits per heavy atom. The number of amides is 1. The monoisotopic (exact) mass is 254 g/mol. The molecular weight excluding hydrogens is 236 g/mol. The Bertz CT molecular complexity index is 381. The molecule has 0 spiro atoms. The first-order valence-electron chi connectivity index (χ1n) is 5.86. The predicted octanol–water partition coefficient (Wildman–Crippen LogP) is 2.64. The molecule has 0 bridgehead atoms. The fourth-order valence-corrected chi connectivity index (χ4v) is 1.97. The topological polar surface area (TPSA) is 55.1 Å². The van der Waals surface area contributed by atoms with Crippen LogP contribution in [-0.4, -0.2) is 11.9 Å². The molecule has 0 aliphatic carbocycles. The van der Waals surface area contributed by atoms with Crippen LogP contribution in [0, 0.1) is 0 Å². The fourth-order valence-electron chi connectivity index (χ4n) is 1.67. The second kappa shape index (κ2) is 6.62. The van der Waals surface area contributed by atoms with E-state index < -0.39 is 6.04 Å². The summed E-state index contributed by atoms with van der Waals surface area (Å²) in [6, 6.07) is 6.91. The number of halogens is 1. The van der Waals surface area contributed by atoms with Crippen molar-refractivity contribution in [2.45, 2.75) is 38.8 Å². The average molecular weight is 255 g/mol. The Balaban J connectivity index is 2.63. The standard InChI is InChI=1S/C13H19ClN2O/c1-3-6-12(15)13(17)16-9(2)10-7-4-5-8-11(10)14/h4-5,7-9,12H,3,6,15H2,1-2H3,(H,16,17)/t9-,12-/m0/s1. The van der Waals surface area contributed by atoms with E-state index in [1.165, 1.54) is 0 Å². The van der Waals surface area contributed by atoms with E-state index in [1.54, 1.807) is 0 Å². The van der Waals surface area contributed by atoms with Gasteiger partial charge in [-0.15, -0.1) is 0 Å². The third-order valence-electron chi connectivity index (χ3n) is 2.67. The second-order valence-electron chi connectivity index (χ2n) is 4.15. The third-order valence-corrected chi connectivity index (χ3v) is 3.01. The highest BCUT2D eigenvalue weighted by Gasteiger charge is 2.16. The summed E-state index contributed by atoms with van der Waals surface area (Å²) in [5.74, 6) is -0.126. The molecule has 3 N–H and O–H groups in total. The summed E-state index contributed by atoms with van der Waals surface area (Å²) in [5, 5.41) is 3.53. The zero-order valence-electron chi connectivity index (χ0n) is 10.2. The minimum absolute atomic E-state index is 0.126. The Morgan fingerprint density at radius 3 is 2.71 bits per heavy atom. The van der Waals surface area contributed by atoms with Crippen LogP contribution in [0.25, 0.3) is 0 Å². The minimum Gasteiger partial charge on any atom is -0.348 e. The van der Waals surface area contributed by atoms with Crippen molar-refractivity contribution in [2.24, 2.45) is 5.73 Å². The normalized spacial score (nSPS) is 14.1. The van der Waals surface area contributed by atoms with E-state index in [4.69, 9.17) is 17.3 Å². The second-order valence-corrected chi connectivity index (χ2v) is 4.55. The van der Waals surface area contributed by atoms with Crippen molar-refractivity contribution in [1.29, 1.82) is 0 Å². The molecule has 0 radical (unpaired) electrons. The maximum absolute atomic E-state index is 11.7. The molecule has 3 nitrogen and oxygen atoms in total. The van der Waals surface area contributed by atoms with Gasteiger partial charge in [0.15, 0.2) is 0 Å². The zero-order valence-corrected chi connectivity index (χ0v) is 11.0. The Morgan fingerprint density at radius 1 is 1.47 bits per heavy atom. The van der Waals surface area contributed by atoms with E-state index in [9.17, 15) is 4.79 Å². The van der Waals surface area contributed by atoms with Crippen LogP contribution in [0.3, 0.4) is 0 Å². The lowest BCUT2D eigenvalue weighted by atomic mass is 10.1. The number of nitrogens with one attached hydrogen (secondary N) is 1. The third kappa shape index (κ3) is 4.02.